The Kier molecular flexibility index (Phi) is 18.9. The summed E-state index contributed by atoms with van der Waals surface area (Å²) in [6, 6.07) is 167. The molecule has 0 amide bonds. The quantitative estimate of drug-likeness (QED) is 0.127. The van der Waals surface area contributed by atoms with Crippen LogP contribution in [0, 0.1) is 0 Å². The summed E-state index contributed by atoms with van der Waals surface area (Å²) in [4.78, 5) is 31.5. The molecule has 644 valence electrons. The first kappa shape index (κ1) is 79.4. The topological polar surface area (TPSA) is 110 Å². The first-order valence-corrected chi connectivity index (χ1v) is 47.4. The maximum absolute atomic E-state index is 6.87. The fraction of sp³-hybridized carbons (Fsp3) is 0. The van der Waals surface area contributed by atoms with Crippen molar-refractivity contribution in [2.45, 2.75) is 0 Å². The van der Waals surface area contributed by atoms with E-state index in [1.807, 2.05) is 47.7 Å². The van der Waals surface area contributed by atoms with Gasteiger partial charge in [-0.3, -0.25) is 13.7 Å². The molecular weight excluding hydrogens is 1700 g/mol. The Balaban J connectivity index is 0.000000105. The molecule has 29 rings (SSSR count). The molecule has 0 unspecified atom stereocenters. The van der Waals surface area contributed by atoms with Gasteiger partial charge in [-0.15, -0.1) is 11.3 Å². The van der Waals surface area contributed by atoms with Gasteiger partial charge in [0.2, 0.25) is 17.8 Å². The predicted octanol–water partition coefficient (Wildman–Crippen LogP) is 33.2. The minimum atomic E-state index is 0.625. The highest BCUT2D eigenvalue weighted by Crippen LogP contribution is 2.49. The molecule has 0 N–H and O–H groups in total. The van der Waals surface area contributed by atoms with Gasteiger partial charge in [-0.25, -0.2) is 29.9 Å². The lowest BCUT2D eigenvalue weighted by Crippen LogP contribution is -2.03. The lowest BCUT2D eigenvalue weighted by Gasteiger charge is -2.12. The van der Waals surface area contributed by atoms with E-state index in [0.717, 1.165) is 166 Å². The van der Waals surface area contributed by atoms with E-state index in [1.165, 1.54) is 80.3 Å². The largest absolute Gasteiger partial charge is 0.455 e. The van der Waals surface area contributed by atoms with Crippen LogP contribution in [0.5, 0.6) is 0 Å². The fourth-order valence-electron chi connectivity index (χ4n) is 20.9. The molecule has 0 aliphatic carbocycles. The molecule has 11 nitrogen and oxygen atoms in total. The molecule has 0 bridgehead atoms. The van der Waals surface area contributed by atoms with Crippen molar-refractivity contribution in [2.75, 3.05) is 0 Å². The molecule has 29 aromatic rings. The van der Waals surface area contributed by atoms with Gasteiger partial charge in [-0.1, -0.05) is 370 Å². The molecule has 0 saturated heterocycles. The zero-order valence-corrected chi connectivity index (χ0v) is 75.1. The van der Waals surface area contributed by atoms with Gasteiger partial charge >= 0.3 is 0 Å². The van der Waals surface area contributed by atoms with Gasteiger partial charge in [0.15, 0.2) is 0 Å². The van der Waals surface area contributed by atoms with Crippen molar-refractivity contribution >= 4 is 173 Å². The van der Waals surface area contributed by atoms with Gasteiger partial charge in [0.05, 0.1) is 83.2 Å². The number of benzene rings is 20. The Hall–Kier alpha value is -18.4. The SMILES string of the molecule is c1ccc(-c2cccc(-c3ccc4c5c6sc7ccccc7c6ccc5n(-c5nc(-c6ccccc6)c6ccccc6n5)c4c3)c2)cc1.c1ccc(-c2cccc(-c3nc(-n4c5ccccc5c5c6oc7c(-c8ccccc8)cccc7c6ccc54)nc4ccccc34)c2)cc1.c1ccc(-c2nc(-n3c4ccccc4c4cc5c6ccccc6n(-c6ccccc6)c5cc43)nc3ccccc23)cc1. The number of rotatable bonds is 11. The number of fused-ring (bicyclic) bond motifs is 23. The maximum atomic E-state index is 6.87. The van der Waals surface area contributed by atoms with Crippen molar-refractivity contribution in [2.24, 2.45) is 0 Å². The molecule has 0 radical (unpaired) electrons. The van der Waals surface area contributed by atoms with Gasteiger partial charge < -0.3 is 8.98 Å². The lowest BCUT2D eigenvalue weighted by atomic mass is 9.98. The monoisotopic (exact) mass is 1780 g/mol. The van der Waals surface area contributed by atoms with Crippen LogP contribution in [0.15, 0.2) is 478 Å². The Bertz CT molecular complexity index is 9920. The first-order valence-electron chi connectivity index (χ1n) is 46.5. The number of furan rings is 1. The summed E-state index contributed by atoms with van der Waals surface area (Å²) in [5.41, 5.74) is 29.6. The fourth-order valence-corrected chi connectivity index (χ4v) is 22.1. The Morgan fingerprint density at radius 3 is 1.10 bits per heavy atom. The van der Waals surface area contributed by atoms with Crippen molar-refractivity contribution in [1.82, 2.24) is 48.2 Å². The van der Waals surface area contributed by atoms with Gasteiger partial charge in [0.1, 0.15) is 11.2 Å². The van der Waals surface area contributed by atoms with E-state index in [2.05, 4.69) is 455 Å². The van der Waals surface area contributed by atoms with Crippen molar-refractivity contribution in [3.63, 3.8) is 0 Å². The molecule has 0 spiro atoms. The molecule has 0 fully saturated rings. The second kappa shape index (κ2) is 32.8. The van der Waals surface area contributed by atoms with Gasteiger partial charge in [0, 0.05) is 113 Å². The molecule has 9 aromatic heterocycles. The molecule has 0 aliphatic heterocycles. The Labute approximate surface area is 795 Å². The van der Waals surface area contributed by atoms with E-state index in [0.29, 0.717) is 17.8 Å². The van der Waals surface area contributed by atoms with Crippen LogP contribution in [0.3, 0.4) is 0 Å². The van der Waals surface area contributed by atoms with Crippen molar-refractivity contribution < 1.29 is 4.42 Å². The van der Waals surface area contributed by atoms with Crippen LogP contribution in [0.4, 0.5) is 0 Å². The number of para-hydroxylation sites is 8. The summed E-state index contributed by atoms with van der Waals surface area (Å²) in [5.74, 6) is 1.96. The van der Waals surface area contributed by atoms with Crippen LogP contribution < -0.4 is 0 Å². The zero-order chi connectivity index (χ0) is 90.8. The molecule has 0 saturated carbocycles. The van der Waals surface area contributed by atoms with E-state index in [1.54, 1.807) is 0 Å². The average Bonchev–Trinajstić information content (AvgIpc) is 1.56. The van der Waals surface area contributed by atoms with Crippen molar-refractivity contribution in [3.8, 4) is 102 Å². The third-order valence-electron chi connectivity index (χ3n) is 27.2. The van der Waals surface area contributed by atoms with E-state index < -0.39 is 0 Å². The summed E-state index contributed by atoms with van der Waals surface area (Å²) in [6.07, 6.45) is 0. The van der Waals surface area contributed by atoms with Gasteiger partial charge in [0.25, 0.3) is 0 Å². The molecule has 138 heavy (non-hydrogen) atoms. The number of aromatic nitrogens is 10. The third-order valence-corrected chi connectivity index (χ3v) is 28.4. The van der Waals surface area contributed by atoms with E-state index in [-0.39, 0.29) is 0 Å². The van der Waals surface area contributed by atoms with E-state index in [9.17, 15) is 0 Å². The van der Waals surface area contributed by atoms with Crippen LogP contribution in [-0.2, 0) is 0 Å². The number of thiophene rings is 1. The third kappa shape index (κ3) is 13.2. The average molecular weight is 1780 g/mol. The van der Waals surface area contributed by atoms with Crippen LogP contribution in [0.1, 0.15) is 0 Å². The number of nitrogens with zero attached hydrogens (tertiary/aromatic N) is 10. The van der Waals surface area contributed by atoms with Crippen LogP contribution in [0.25, 0.3) is 264 Å². The summed E-state index contributed by atoms with van der Waals surface area (Å²) in [6.45, 7) is 0. The summed E-state index contributed by atoms with van der Waals surface area (Å²) < 4.78 is 18.5. The molecule has 9 heterocycles. The molecule has 12 heteroatoms. The Morgan fingerprint density at radius 2 is 0.536 bits per heavy atom. The van der Waals surface area contributed by atoms with Crippen LogP contribution >= 0.6 is 11.3 Å². The minimum absolute atomic E-state index is 0.625. The van der Waals surface area contributed by atoms with Gasteiger partial charge in [-0.2, -0.15) is 0 Å². The Morgan fingerprint density at radius 1 is 0.181 bits per heavy atom. The summed E-state index contributed by atoms with van der Waals surface area (Å²) in [5, 5.41) is 17.3. The minimum Gasteiger partial charge on any atom is -0.455 e. The molecular formula is C126H78N10OS. The lowest BCUT2D eigenvalue weighted by molar-refractivity contribution is 0.674. The highest BCUT2D eigenvalue weighted by Gasteiger charge is 2.28. The highest BCUT2D eigenvalue weighted by atomic mass is 32.1. The van der Waals surface area contributed by atoms with Crippen molar-refractivity contribution in [3.05, 3.63) is 473 Å². The second-order valence-corrected chi connectivity index (χ2v) is 36.1. The predicted molar refractivity (Wildman–Crippen MR) is 574 cm³/mol. The van der Waals surface area contributed by atoms with Gasteiger partial charge in [-0.05, 0) is 142 Å². The van der Waals surface area contributed by atoms with Crippen LogP contribution in [0.2, 0.25) is 0 Å². The van der Waals surface area contributed by atoms with Crippen molar-refractivity contribution in [1.29, 1.82) is 0 Å². The summed E-state index contributed by atoms with van der Waals surface area (Å²) in [7, 11) is 0. The molecule has 0 aliphatic rings. The first-order chi connectivity index (χ1) is 68.5. The van der Waals surface area contributed by atoms with E-state index >= 15 is 0 Å². The normalized spacial score (nSPS) is 11.8. The zero-order valence-electron chi connectivity index (χ0n) is 74.3. The number of hydrogen-bond donors (Lipinski definition) is 0. The highest BCUT2D eigenvalue weighted by molar-refractivity contribution is 7.26. The second-order valence-electron chi connectivity index (χ2n) is 35.1. The number of hydrogen-bond acceptors (Lipinski definition) is 8. The summed E-state index contributed by atoms with van der Waals surface area (Å²) >= 11 is 1.86. The van der Waals surface area contributed by atoms with E-state index in [4.69, 9.17) is 34.3 Å². The maximum Gasteiger partial charge on any atom is 0.235 e. The molecule has 0 atom stereocenters. The smallest absolute Gasteiger partial charge is 0.235 e. The van der Waals surface area contributed by atoms with Crippen LogP contribution in [-0.4, -0.2) is 48.2 Å². The molecule has 20 aromatic carbocycles. The standard InChI is InChI=1S/C44H27N3O.C44H27N3S.C38H24N4/c1-3-13-28(14-4-1)30-17-11-18-31(27-30)41-35-19-7-9-23-37(35)45-44(46-41)47-38-24-10-8-20-36(38)40-39(47)26-25-34-33-22-12-21-32(42(33)48-43(34)40)29-15-5-2-6-16-29;1-3-12-28(13-4-1)30-16-11-17-31(26-30)32-22-23-36-39(27-32)47(38-25-24-34-33-18-8-10-21-40(33)48-43(34)41(36)38)44-45-37-20-9-7-19-35(37)42(46-44)29-14-5-2-6-15-29;1-3-13-25(14-4-1)37-29-19-7-10-20-32(29)39-38(40-37)42-34-22-12-9-18-28(34)31-23-30-27-17-8-11-21-33(27)41(35(30)24-36(31)42)26-15-5-2-6-16-26/h2*1-27H;1-24H.